The van der Waals surface area contributed by atoms with Crippen molar-refractivity contribution >= 4 is 35.1 Å². The highest BCUT2D eigenvalue weighted by atomic mass is 32.2. The van der Waals surface area contributed by atoms with Gasteiger partial charge in [-0.1, -0.05) is 12.1 Å². The summed E-state index contributed by atoms with van der Waals surface area (Å²) in [6.07, 6.45) is 5.91. The van der Waals surface area contributed by atoms with E-state index in [1.165, 1.54) is 23.3 Å². The molecule has 2 amide bonds. The molecule has 0 spiro atoms. The van der Waals surface area contributed by atoms with Crippen molar-refractivity contribution in [3.05, 3.63) is 57.9 Å². The van der Waals surface area contributed by atoms with Gasteiger partial charge in [-0.3, -0.25) is 0 Å². The van der Waals surface area contributed by atoms with Gasteiger partial charge >= 0.3 is 6.03 Å². The SMILES string of the molecule is CN(C)Cc1ccc(S(N)(=O)=NC(=O)Nc2c3c(cc4c2CCC4)CCC3)c(F)c1.S. The largest absolute Gasteiger partial charge is 0.354 e. The molecule has 2 aromatic rings. The van der Waals surface area contributed by atoms with Crippen LogP contribution in [0.1, 0.15) is 40.7 Å². The molecule has 0 heterocycles. The number of carbonyl (C=O) groups is 1. The molecule has 168 valence electrons. The third kappa shape index (κ3) is 4.95. The van der Waals surface area contributed by atoms with Gasteiger partial charge in [0.1, 0.15) is 15.7 Å². The highest BCUT2D eigenvalue weighted by Gasteiger charge is 2.25. The lowest BCUT2D eigenvalue weighted by molar-refractivity contribution is 0.260. The van der Waals surface area contributed by atoms with Crippen LogP contribution >= 0.6 is 13.5 Å². The Hall–Kier alpha value is -1.94. The molecule has 2 aliphatic carbocycles. The first kappa shape index (κ1) is 23.7. The lowest BCUT2D eigenvalue weighted by Crippen LogP contribution is -2.20. The minimum absolute atomic E-state index is 0. The number of hydrogen-bond acceptors (Lipinski definition) is 3. The lowest BCUT2D eigenvalue weighted by atomic mass is 9.99. The molecule has 3 N–H and O–H groups in total. The van der Waals surface area contributed by atoms with Crippen molar-refractivity contribution in [2.24, 2.45) is 9.50 Å². The van der Waals surface area contributed by atoms with Crippen LogP contribution in [0, 0.1) is 5.82 Å². The van der Waals surface area contributed by atoms with Crippen LogP contribution in [0.2, 0.25) is 0 Å². The van der Waals surface area contributed by atoms with Crippen molar-refractivity contribution in [1.82, 2.24) is 4.90 Å². The Balaban J connectivity index is 0.00000272. The van der Waals surface area contributed by atoms with Crippen molar-refractivity contribution < 1.29 is 13.4 Å². The number of benzene rings is 2. The van der Waals surface area contributed by atoms with Gasteiger partial charge < -0.3 is 10.2 Å². The topological polar surface area (TPSA) is 87.8 Å². The predicted octanol–water partition coefficient (Wildman–Crippen LogP) is 3.91. The van der Waals surface area contributed by atoms with Crippen LogP contribution in [0.25, 0.3) is 0 Å². The molecule has 0 aliphatic heterocycles. The first-order chi connectivity index (χ1) is 14.2. The molecule has 0 bridgehead atoms. The number of nitrogens with one attached hydrogen (secondary N) is 1. The van der Waals surface area contributed by atoms with E-state index in [9.17, 15) is 13.4 Å². The van der Waals surface area contributed by atoms with E-state index in [2.05, 4.69) is 15.7 Å². The van der Waals surface area contributed by atoms with Gasteiger partial charge in [0.2, 0.25) is 0 Å². The summed E-state index contributed by atoms with van der Waals surface area (Å²) in [5, 5.41) is 8.65. The molecular formula is C22H29FN4O2S2. The normalized spacial score (nSPS) is 16.3. The Bertz CT molecular complexity index is 1110. The number of aryl methyl sites for hydroxylation is 2. The number of nitrogens with zero attached hydrogens (tertiary/aromatic N) is 2. The van der Waals surface area contributed by atoms with Crippen LogP contribution in [-0.2, 0) is 42.1 Å². The second-order valence-electron chi connectivity index (χ2n) is 8.33. The third-order valence-corrected chi connectivity index (χ3v) is 7.13. The highest BCUT2D eigenvalue weighted by molar-refractivity contribution is 7.91. The predicted molar refractivity (Wildman–Crippen MR) is 127 cm³/mol. The van der Waals surface area contributed by atoms with Gasteiger partial charge in [-0.05, 0) is 92.6 Å². The van der Waals surface area contributed by atoms with Gasteiger partial charge in [0.05, 0.1) is 4.90 Å². The summed E-state index contributed by atoms with van der Waals surface area (Å²) < 4.78 is 31.2. The van der Waals surface area contributed by atoms with Gasteiger partial charge in [0, 0.05) is 12.2 Å². The number of carbonyl (C=O) groups excluding carboxylic acids is 1. The molecule has 2 aromatic carbocycles. The van der Waals surface area contributed by atoms with Gasteiger partial charge in [0.15, 0.2) is 0 Å². The number of rotatable bonds is 4. The molecular weight excluding hydrogens is 435 g/mol. The molecule has 2 aliphatic rings. The van der Waals surface area contributed by atoms with Crippen molar-refractivity contribution in [3.8, 4) is 0 Å². The molecule has 9 heteroatoms. The van der Waals surface area contributed by atoms with Crippen LogP contribution in [-0.4, -0.2) is 29.2 Å². The fourth-order valence-electron chi connectivity index (χ4n) is 4.51. The van der Waals surface area contributed by atoms with Gasteiger partial charge in [-0.2, -0.15) is 13.5 Å². The first-order valence-electron chi connectivity index (χ1n) is 10.2. The number of nitrogens with two attached hydrogens (primary N) is 1. The lowest BCUT2D eigenvalue weighted by Gasteiger charge is -2.15. The van der Waals surface area contributed by atoms with Crippen LogP contribution in [0.15, 0.2) is 33.5 Å². The maximum atomic E-state index is 14.6. The zero-order valence-corrected chi connectivity index (χ0v) is 19.7. The fourth-order valence-corrected chi connectivity index (χ4v) is 5.51. The minimum atomic E-state index is -3.71. The molecule has 1 unspecified atom stereocenters. The maximum Gasteiger partial charge on any atom is 0.354 e. The summed E-state index contributed by atoms with van der Waals surface area (Å²) in [6.45, 7) is 0.533. The Labute approximate surface area is 190 Å². The number of hydrogen-bond donors (Lipinski definition) is 2. The quantitative estimate of drug-likeness (QED) is 0.719. The van der Waals surface area contributed by atoms with Crippen molar-refractivity contribution in [3.63, 3.8) is 0 Å². The van der Waals surface area contributed by atoms with E-state index in [1.54, 1.807) is 6.07 Å². The summed E-state index contributed by atoms with van der Waals surface area (Å²) in [6, 6.07) is 5.75. The molecule has 0 saturated heterocycles. The van der Waals surface area contributed by atoms with Crippen LogP contribution in [0.3, 0.4) is 0 Å². The minimum Gasteiger partial charge on any atom is -0.305 e. The zero-order valence-electron chi connectivity index (χ0n) is 17.8. The van der Waals surface area contributed by atoms with Crippen molar-refractivity contribution in [2.75, 3.05) is 19.4 Å². The molecule has 0 radical (unpaired) electrons. The van der Waals surface area contributed by atoms with E-state index >= 15 is 0 Å². The molecule has 0 saturated carbocycles. The summed E-state index contributed by atoms with van der Waals surface area (Å²) >= 11 is 0. The van der Waals surface area contributed by atoms with E-state index in [0.717, 1.165) is 60.9 Å². The zero-order chi connectivity index (χ0) is 21.5. The van der Waals surface area contributed by atoms with E-state index in [0.29, 0.717) is 6.54 Å². The van der Waals surface area contributed by atoms with E-state index in [-0.39, 0.29) is 18.4 Å². The van der Waals surface area contributed by atoms with Crippen molar-refractivity contribution in [1.29, 1.82) is 0 Å². The molecule has 31 heavy (non-hydrogen) atoms. The van der Waals surface area contributed by atoms with Crippen LogP contribution < -0.4 is 10.5 Å². The van der Waals surface area contributed by atoms with Crippen LogP contribution in [0.4, 0.5) is 14.9 Å². The Morgan fingerprint density at radius 2 is 1.74 bits per heavy atom. The van der Waals surface area contributed by atoms with E-state index in [4.69, 9.17) is 5.14 Å². The smallest absolute Gasteiger partial charge is 0.305 e. The average molecular weight is 465 g/mol. The van der Waals surface area contributed by atoms with E-state index < -0.39 is 21.8 Å². The Kier molecular flexibility index (Phi) is 7.10. The van der Waals surface area contributed by atoms with Crippen LogP contribution in [0.5, 0.6) is 0 Å². The van der Waals surface area contributed by atoms with Crippen molar-refractivity contribution in [2.45, 2.75) is 50.0 Å². The number of urea groups is 1. The second kappa shape index (κ2) is 9.28. The average Bonchev–Trinajstić information content (AvgIpc) is 3.29. The third-order valence-electron chi connectivity index (χ3n) is 5.73. The summed E-state index contributed by atoms with van der Waals surface area (Å²) in [5.41, 5.74) is 6.33. The highest BCUT2D eigenvalue weighted by Crippen LogP contribution is 2.38. The summed E-state index contributed by atoms with van der Waals surface area (Å²) in [4.78, 5) is 14.3. The fraction of sp³-hybridized carbons (Fsp3) is 0.409. The van der Waals surface area contributed by atoms with Gasteiger partial charge in [-0.15, -0.1) is 4.36 Å². The van der Waals surface area contributed by atoms with Gasteiger partial charge in [-0.25, -0.2) is 18.5 Å². The molecule has 6 nitrogen and oxygen atoms in total. The molecule has 0 fully saturated rings. The Morgan fingerprint density at radius 1 is 1.13 bits per heavy atom. The summed E-state index contributed by atoms with van der Waals surface area (Å²) in [5.74, 6) is -0.722. The maximum absolute atomic E-state index is 14.6. The van der Waals surface area contributed by atoms with Gasteiger partial charge in [0.25, 0.3) is 0 Å². The Morgan fingerprint density at radius 3 is 2.29 bits per heavy atom. The number of halogens is 1. The number of anilines is 1. The second-order valence-corrected chi connectivity index (χ2v) is 10.1. The molecule has 4 rings (SSSR count). The monoisotopic (exact) mass is 464 g/mol. The molecule has 1 atom stereocenters. The van der Waals surface area contributed by atoms with E-state index in [1.807, 2.05) is 19.0 Å². The summed E-state index contributed by atoms with van der Waals surface area (Å²) in [7, 11) is 0.0301. The number of amides is 2. The molecule has 0 aromatic heterocycles. The first-order valence-corrected chi connectivity index (χ1v) is 11.8. The number of fused-ring (bicyclic) bond motifs is 2. The standard InChI is InChI=1S/C22H27FN4O2S.H2S/c1-27(2)13-14-9-10-20(19(23)11-14)30(24,29)26-22(28)25-21-17-7-3-5-15(17)12-16-6-4-8-18(16)21;/h9-12H,3-8,13H2,1-2H3,(H3,24,25,26,28,29);1H2.